The summed E-state index contributed by atoms with van der Waals surface area (Å²) in [6.07, 6.45) is 1.52. The Kier molecular flexibility index (Phi) is 5.49. The lowest BCUT2D eigenvalue weighted by molar-refractivity contribution is -0.115. The number of hydrogen-bond acceptors (Lipinski definition) is 4. The number of thioether (sulfide) groups is 1. The Labute approximate surface area is 181 Å². The van der Waals surface area contributed by atoms with E-state index in [4.69, 9.17) is 11.6 Å². The number of carbonyl (C=O) groups excluding carboxylic acids is 1. The van der Waals surface area contributed by atoms with Gasteiger partial charge in [0.05, 0.1) is 11.3 Å². The first-order valence-electron chi connectivity index (χ1n) is 9.05. The van der Waals surface area contributed by atoms with Crippen molar-refractivity contribution >= 4 is 40.9 Å². The molecule has 1 aliphatic rings. The van der Waals surface area contributed by atoms with E-state index in [-0.39, 0.29) is 33.6 Å². The lowest BCUT2D eigenvalue weighted by atomic mass is 9.94. The number of hydrogen-bond donors (Lipinski definition) is 1. The maximum Gasteiger partial charge on any atom is 0.336 e. The van der Waals surface area contributed by atoms with E-state index >= 15 is 0 Å². The SMILES string of the molecule is Cc1c(N2C(=O)CSC2c2ccc(F)cc2)ccc(C(=O)O)c1-c1cccnc1Cl. The second kappa shape index (κ2) is 8.08. The van der Waals surface area contributed by atoms with Crippen LogP contribution in [0.3, 0.4) is 0 Å². The number of rotatable bonds is 4. The molecule has 1 unspecified atom stereocenters. The van der Waals surface area contributed by atoms with Gasteiger partial charge >= 0.3 is 5.97 Å². The molecule has 1 atom stereocenters. The van der Waals surface area contributed by atoms with Gasteiger partial charge in [-0.25, -0.2) is 14.2 Å². The zero-order valence-electron chi connectivity index (χ0n) is 15.8. The van der Waals surface area contributed by atoms with Gasteiger partial charge in [0.2, 0.25) is 5.91 Å². The van der Waals surface area contributed by atoms with Crippen LogP contribution >= 0.6 is 23.4 Å². The Hall–Kier alpha value is -2.90. The van der Waals surface area contributed by atoms with E-state index in [1.165, 1.54) is 36.2 Å². The predicted molar refractivity (Wildman–Crippen MR) is 115 cm³/mol. The Balaban J connectivity index is 1.89. The number of pyridine rings is 1. The molecule has 0 bridgehead atoms. The van der Waals surface area contributed by atoms with Crippen LogP contribution in [0.2, 0.25) is 5.15 Å². The van der Waals surface area contributed by atoms with E-state index in [1.54, 1.807) is 42.2 Å². The van der Waals surface area contributed by atoms with Gasteiger partial charge in [0.1, 0.15) is 16.3 Å². The van der Waals surface area contributed by atoms with E-state index < -0.39 is 5.97 Å². The summed E-state index contributed by atoms with van der Waals surface area (Å²) in [4.78, 5) is 30.4. The molecule has 0 saturated carbocycles. The predicted octanol–water partition coefficient (Wildman–Crippen LogP) is 5.33. The summed E-state index contributed by atoms with van der Waals surface area (Å²) >= 11 is 7.70. The van der Waals surface area contributed by atoms with Crippen LogP contribution in [-0.2, 0) is 4.79 Å². The van der Waals surface area contributed by atoms with Crippen molar-refractivity contribution in [3.63, 3.8) is 0 Å². The zero-order chi connectivity index (χ0) is 21.4. The minimum Gasteiger partial charge on any atom is -0.478 e. The van der Waals surface area contributed by atoms with Gasteiger partial charge in [-0.2, -0.15) is 0 Å². The van der Waals surface area contributed by atoms with Crippen LogP contribution in [0.1, 0.15) is 26.9 Å². The van der Waals surface area contributed by atoms with Crippen molar-refractivity contribution in [1.82, 2.24) is 4.98 Å². The van der Waals surface area contributed by atoms with Crippen molar-refractivity contribution in [1.29, 1.82) is 0 Å². The van der Waals surface area contributed by atoms with Gasteiger partial charge in [0.15, 0.2) is 0 Å². The summed E-state index contributed by atoms with van der Waals surface area (Å²) in [5.41, 5.74) is 2.94. The van der Waals surface area contributed by atoms with Crippen LogP contribution in [0, 0.1) is 12.7 Å². The summed E-state index contributed by atoms with van der Waals surface area (Å²) in [6.45, 7) is 1.76. The van der Waals surface area contributed by atoms with Crippen LogP contribution in [0.5, 0.6) is 0 Å². The topological polar surface area (TPSA) is 70.5 Å². The smallest absolute Gasteiger partial charge is 0.336 e. The van der Waals surface area contributed by atoms with Gasteiger partial charge < -0.3 is 5.11 Å². The number of benzene rings is 2. The van der Waals surface area contributed by atoms with Gasteiger partial charge in [-0.1, -0.05) is 23.7 Å². The summed E-state index contributed by atoms with van der Waals surface area (Å²) < 4.78 is 13.4. The van der Waals surface area contributed by atoms with Gasteiger partial charge in [0, 0.05) is 23.0 Å². The molecular weight excluding hydrogens is 427 g/mol. The Morgan fingerprint density at radius 2 is 1.97 bits per heavy atom. The molecule has 30 heavy (non-hydrogen) atoms. The average molecular weight is 443 g/mol. The molecule has 1 N–H and O–H groups in total. The molecule has 5 nitrogen and oxygen atoms in total. The van der Waals surface area contributed by atoms with Gasteiger partial charge in [0.25, 0.3) is 0 Å². The Morgan fingerprint density at radius 3 is 2.63 bits per heavy atom. The fraction of sp³-hybridized carbons (Fsp3) is 0.136. The largest absolute Gasteiger partial charge is 0.478 e. The van der Waals surface area contributed by atoms with Crippen molar-refractivity contribution < 1.29 is 19.1 Å². The number of aromatic carboxylic acids is 1. The number of carboxylic acids is 1. The molecule has 0 aliphatic carbocycles. The minimum absolute atomic E-state index is 0.0729. The third-order valence-electron chi connectivity index (χ3n) is 4.98. The molecule has 8 heteroatoms. The van der Waals surface area contributed by atoms with Crippen LogP contribution in [0.25, 0.3) is 11.1 Å². The van der Waals surface area contributed by atoms with Gasteiger partial charge in [-0.05, 0) is 54.4 Å². The molecule has 1 amide bonds. The number of carbonyl (C=O) groups is 2. The van der Waals surface area contributed by atoms with Gasteiger partial charge in [-0.3, -0.25) is 9.69 Å². The lowest BCUT2D eigenvalue weighted by Gasteiger charge is -2.27. The van der Waals surface area contributed by atoms with E-state index in [1.807, 2.05) is 0 Å². The molecule has 1 aromatic heterocycles. The van der Waals surface area contributed by atoms with Crippen molar-refractivity contribution in [3.8, 4) is 11.1 Å². The fourth-order valence-electron chi connectivity index (χ4n) is 3.62. The van der Waals surface area contributed by atoms with Crippen molar-refractivity contribution in [2.45, 2.75) is 12.3 Å². The molecular formula is C22H16ClFN2O3S. The quantitative estimate of drug-likeness (QED) is 0.553. The summed E-state index contributed by atoms with van der Waals surface area (Å²) in [5.74, 6) is -1.29. The normalized spacial score (nSPS) is 16.2. The monoisotopic (exact) mass is 442 g/mol. The first kappa shape index (κ1) is 20.4. The van der Waals surface area contributed by atoms with E-state index in [2.05, 4.69) is 4.98 Å². The fourth-order valence-corrected chi connectivity index (χ4v) is 5.00. The molecule has 1 aliphatic heterocycles. The highest BCUT2D eigenvalue weighted by molar-refractivity contribution is 8.00. The van der Waals surface area contributed by atoms with Crippen LogP contribution in [-0.4, -0.2) is 27.7 Å². The Morgan fingerprint density at radius 1 is 1.23 bits per heavy atom. The van der Waals surface area contributed by atoms with E-state index in [0.717, 1.165) is 5.56 Å². The number of aromatic nitrogens is 1. The standard InChI is InChI=1S/C22H16ClFN2O3S/c1-12-17(26-18(27)11-30-21(26)13-4-6-14(24)7-5-13)9-8-16(22(28)29)19(12)15-3-2-10-25-20(15)23/h2-10,21H,11H2,1H3,(H,28,29). The summed E-state index contributed by atoms with van der Waals surface area (Å²) in [5, 5.41) is 9.56. The Bertz CT molecular complexity index is 1150. The maximum atomic E-state index is 13.4. The van der Waals surface area contributed by atoms with Crippen molar-refractivity contribution in [2.75, 3.05) is 10.7 Å². The molecule has 4 rings (SSSR count). The number of nitrogens with zero attached hydrogens (tertiary/aromatic N) is 2. The first-order valence-corrected chi connectivity index (χ1v) is 10.5. The first-order chi connectivity index (χ1) is 14.4. The van der Waals surface area contributed by atoms with Crippen molar-refractivity contribution in [2.24, 2.45) is 0 Å². The summed E-state index contributed by atoms with van der Waals surface area (Å²) in [6, 6.07) is 12.5. The number of amides is 1. The third kappa shape index (κ3) is 3.55. The third-order valence-corrected chi connectivity index (χ3v) is 6.49. The molecule has 0 radical (unpaired) electrons. The molecule has 0 spiro atoms. The molecule has 2 heterocycles. The summed E-state index contributed by atoms with van der Waals surface area (Å²) in [7, 11) is 0. The molecule has 3 aromatic rings. The molecule has 1 fully saturated rings. The van der Waals surface area contributed by atoms with Crippen LogP contribution in [0.4, 0.5) is 10.1 Å². The zero-order valence-corrected chi connectivity index (χ0v) is 17.4. The second-order valence-electron chi connectivity index (χ2n) is 6.76. The number of halogens is 2. The highest BCUT2D eigenvalue weighted by Gasteiger charge is 2.36. The molecule has 1 saturated heterocycles. The van der Waals surface area contributed by atoms with E-state index in [9.17, 15) is 19.1 Å². The van der Waals surface area contributed by atoms with Crippen LogP contribution in [0.15, 0.2) is 54.7 Å². The highest BCUT2D eigenvalue weighted by atomic mass is 35.5. The molecule has 152 valence electrons. The van der Waals surface area contributed by atoms with Crippen LogP contribution < -0.4 is 4.90 Å². The van der Waals surface area contributed by atoms with Crippen molar-refractivity contribution in [3.05, 3.63) is 82.4 Å². The number of anilines is 1. The maximum absolute atomic E-state index is 13.4. The number of carboxylic acid groups (broad SMARTS) is 1. The minimum atomic E-state index is -1.10. The second-order valence-corrected chi connectivity index (χ2v) is 8.18. The van der Waals surface area contributed by atoms with E-state index in [0.29, 0.717) is 22.4 Å². The van der Waals surface area contributed by atoms with Gasteiger partial charge in [-0.15, -0.1) is 11.8 Å². The lowest BCUT2D eigenvalue weighted by Crippen LogP contribution is -2.29. The average Bonchev–Trinajstić information content (AvgIpc) is 3.10. The molecule has 2 aromatic carbocycles. The highest BCUT2D eigenvalue weighted by Crippen LogP contribution is 2.45.